The molecular formula is C15H11NO3. The van der Waals surface area contributed by atoms with Gasteiger partial charge in [-0.1, -0.05) is 12.1 Å². The monoisotopic (exact) mass is 253 g/mol. The van der Waals surface area contributed by atoms with Crippen LogP contribution in [0.25, 0.3) is 22.2 Å². The molecule has 3 aromatic rings. The summed E-state index contributed by atoms with van der Waals surface area (Å²) in [5.41, 5.74) is 2.78. The van der Waals surface area contributed by atoms with Gasteiger partial charge in [-0.3, -0.25) is 9.78 Å². The smallest absolute Gasteiger partial charge is 0.153 e. The molecule has 2 heterocycles. The highest BCUT2D eigenvalue weighted by molar-refractivity contribution is 5.96. The predicted octanol–water partition coefficient (Wildman–Crippen LogP) is 3.32. The van der Waals surface area contributed by atoms with E-state index in [1.807, 2.05) is 24.3 Å². The number of pyridine rings is 1. The molecule has 3 rings (SSSR count). The van der Waals surface area contributed by atoms with Crippen molar-refractivity contribution >= 4 is 17.3 Å². The Balaban J connectivity index is 2.18. The van der Waals surface area contributed by atoms with Crippen molar-refractivity contribution in [3.05, 3.63) is 48.4 Å². The first-order valence-electron chi connectivity index (χ1n) is 5.79. The molecule has 0 aliphatic carbocycles. The lowest BCUT2D eigenvalue weighted by atomic mass is 10.1. The molecule has 0 fully saturated rings. The van der Waals surface area contributed by atoms with Crippen LogP contribution in [-0.2, 0) is 0 Å². The van der Waals surface area contributed by atoms with Crippen LogP contribution in [0.3, 0.4) is 0 Å². The van der Waals surface area contributed by atoms with Crippen LogP contribution in [0.2, 0.25) is 0 Å². The number of fused-ring (bicyclic) bond motifs is 1. The molecule has 0 saturated carbocycles. The molecule has 0 unspecified atom stereocenters. The molecule has 2 aromatic heterocycles. The summed E-state index contributed by atoms with van der Waals surface area (Å²) in [7, 11) is 1.62. The second-order valence-electron chi connectivity index (χ2n) is 4.07. The van der Waals surface area contributed by atoms with Gasteiger partial charge < -0.3 is 9.15 Å². The van der Waals surface area contributed by atoms with Crippen molar-refractivity contribution in [1.29, 1.82) is 0 Å². The Morgan fingerprint density at radius 1 is 1.32 bits per heavy atom. The molecule has 94 valence electrons. The number of aromatic nitrogens is 1. The van der Waals surface area contributed by atoms with E-state index in [0.29, 0.717) is 16.5 Å². The molecular weight excluding hydrogens is 242 g/mol. The summed E-state index contributed by atoms with van der Waals surface area (Å²) in [6.07, 6.45) is 3.84. The number of hydrogen-bond acceptors (Lipinski definition) is 4. The number of hydrogen-bond donors (Lipinski definition) is 0. The molecule has 4 nitrogen and oxygen atoms in total. The fourth-order valence-electron chi connectivity index (χ4n) is 2.04. The van der Waals surface area contributed by atoms with E-state index in [2.05, 4.69) is 4.98 Å². The van der Waals surface area contributed by atoms with Crippen molar-refractivity contribution in [2.75, 3.05) is 7.11 Å². The second-order valence-corrected chi connectivity index (χ2v) is 4.07. The highest BCUT2D eigenvalue weighted by Crippen LogP contribution is 2.30. The molecule has 0 aliphatic rings. The van der Waals surface area contributed by atoms with E-state index in [9.17, 15) is 4.79 Å². The standard InChI is InChI=1S/C15H11NO3/c1-18-14-5-3-2-4-11(14)13-6-15-12(7-16-13)10(8-17)9-19-15/h2-9H,1H3. The van der Waals surface area contributed by atoms with Crippen molar-refractivity contribution in [2.24, 2.45) is 0 Å². The minimum atomic E-state index is 0.508. The largest absolute Gasteiger partial charge is 0.496 e. The number of furan rings is 1. The SMILES string of the molecule is COc1ccccc1-c1cc2occ(C=O)c2cn1. The fourth-order valence-corrected chi connectivity index (χ4v) is 2.04. The van der Waals surface area contributed by atoms with Gasteiger partial charge in [-0.15, -0.1) is 0 Å². The van der Waals surface area contributed by atoms with Gasteiger partial charge in [0.15, 0.2) is 6.29 Å². The summed E-state index contributed by atoms with van der Waals surface area (Å²) in [4.78, 5) is 15.2. The van der Waals surface area contributed by atoms with E-state index in [4.69, 9.17) is 9.15 Å². The van der Waals surface area contributed by atoms with E-state index in [-0.39, 0.29) is 0 Å². The first-order chi connectivity index (χ1) is 9.33. The van der Waals surface area contributed by atoms with Crippen LogP contribution in [0.5, 0.6) is 5.75 Å². The Morgan fingerprint density at radius 3 is 2.95 bits per heavy atom. The topological polar surface area (TPSA) is 52.3 Å². The van der Waals surface area contributed by atoms with E-state index in [1.54, 1.807) is 19.4 Å². The normalized spacial score (nSPS) is 10.6. The van der Waals surface area contributed by atoms with Gasteiger partial charge in [-0.25, -0.2) is 0 Å². The maximum Gasteiger partial charge on any atom is 0.153 e. The first-order valence-corrected chi connectivity index (χ1v) is 5.79. The quantitative estimate of drug-likeness (QED) is 0.672. The summed E-state index contributed by atoms with van der Waals surface area (Å²) in [5.74, 6) is 0.747. The summed E-state index contributed by atoms with van der Waals surface area (Å²) in [5, 5.41) is 0.716. The van der Waals surface area contributed by atoms with Crippen molar-refractivity contribution in [2.45, 2.75) is 0 Å². The molecule has 0 amide bonds. The maximum absolute atomic E-state index is 10.8. The van der Waals surface area contributed by atoms with Crippen LogP contribution < -0.4 is 4.74 Å². The van der Waals surface area contributed by atoms with Gasteiger partial charge in [0.2, 0.25) is 0 Å². The summed E-state index contributed by atoms with van der Waals surface area (Å²) < 4.78 is 10.7. The highest BCUT2D eigenvalue weighted by atomic mass is 16.5. The van der Waals surface area contributed by atoms with Gasteiger partial charge in [-0.05, 0) is 12.1 Å². The molecule has 0 N–H and O–H groups in total. The molecule has 19 heavy (non-hydrogen) atoms. The van der Waals surface area contributed by atoms with Crippen LogP contribution in [0.15, 0.2) is 47.2 Å². The van der Waals surface area contributed by atoms with Gasteiger partial charge in [0.25, 0.3) is 0 Å². The van der Waals surface area contributed by atoms with Crippen LogP contribution in [0.4, 0.5) is 0 Å². The lowest BCUT2D eigenvalue weighted by molar-refractivity contribution is 0.112. The Morgan fingerprint density at radius 2 is 2.16 bits per heavy atom. The Labute approximate surface area is 109 Å². The number of carbonyl (C=O) groups excluding carboxylic acids is 1. The van der Waals surface area contributed by atoms with Crippen LogP contribution in [-0.4, -0.2) is 18.4 Å². The maximum atomic E-state index is 10.8. The summed E-state index contributed by atoms with van der Waals surface area (Å²) in [6, 6.07) is 9.43. The molecule has 0 radical (unpaired) electrons. The molecule has 0 saturated heterocycles. The van der Waals surface area contributed by atoms with E-state index >= 15 is 0 Å². The van der Waals surface area contributed by atoms with Crippen molar-refractivity contribution in [3.8, 4) is 17.0 Å². The number of methoxy groups -OCH3 is 1. The summed E-state index contributed by atoms with van der Waals surface area (Å²) >= 11 is 0. The lowest BCUT2D eigenvalue weighted by Gasteiger charge is -2.07. The zero-order valence-corrected chi connectivity index (χ0v) is 10.3. The fraction of sp³-hybridized carbons (Fsp3) is 0.0667. The molecule has 0 bridgehead atoms. The number of ether oxygens (including phenoxy) is 1. The van der Waals surface area contributed by atoms with Crippen LogP contribution in [0, 0.1) is 0 Å². The minimum absolute atomic E-state index is 0.508. The number of benzene rings is 1. The first kappa shape index (κ1) is 11.5. The Kier molecular flexibility index (Phi) is 2.76. The van der Waals surface area contributed by atoms with Crippen molar-refractivity contribution in [1.82, 2.24) is 4.98 Å². The van der Waals surface area contributed by atoms with E-state index in [0.717, 1.165) is 23.3 Å². The zero-order valence-electron chi connectivity index (χ0n) is 10.3. The van der Waals surface area contributed by atoms with Crippen molar-refractivity contribution in [3.63, 3.8) is 0 Å². The third kappa shape index (κ3) is 1.87. The van der Waals surface area contributed by atoms with Gasteiger partial charge in [-0.2, -0.15) is 0 Å². The van der Waals surface area contributed by atoms with E-state index < -0.39 is 0 Å². The highest BCUT2D eigenvalue weighted by Gasteiger charge is 2.10. The second kappa shape index (κ2) is 4.57. The Hall–Kier alpha value is -2.62. The molecule has 1 aromatic carbocycles. The van der Waals surface area contributed by atoms with Gasteiger partial charge in [0.05, 0.1) is 18.4 Å². The average Bonchev–Trinajstić information content (AvgIpc) is 2.89. The van der Waals surface area contributed by atoms with Gasteiger partial charge in [0.1, 0.15) is 17.6 Å². The number of para-hydroxylation sites is 1. The number of carbonyl (C=O) groups is 1. The number of rotatable bonds is 3. The molecule has 0 aliphatic heterocycles. The molecule has 4 heteroatoms. The molecule has 0 atom stereocenters. The van der Waals surface area contributed by atoms with Crippen LogP contribution in [0.1, 0.15) is 10.4 Å². The minimum Gasteiger partial charge on any atom is -0.496 e. The summed E-state index contributed by atoms with van der Waals surface area (Å²) in [6.45, 7) is 0. The predicted molar refractivity (Wildman–Crippen MR) is 71.4 cm³/mol. The van der Waals surface area contributed by atoms with Crippen molar-refractivity contribution < 1.29 is 13.9 Å². The number of aldehydes is 1. The number of nitrogens with zero attached hydrogens (tertiary/aromatic N) is 1. The molecule has 0 spiro atoms. The van der Waals surface area contributed by atoms with Gasteiger partial charge in [0, 0.05) is 23.2 Å². The zero-order chi connectivity index (χ0) is 13.2. The lowest BCUT2D eigenvalue weighted by Crippen LogP contribution is -1.89. The third-order valence-corrected chi connectivity index (χ3v) is 3.00. The van der Waals surface area contributed by atoms with Gasteiger partial charge >= 0.3 is 0 Å². The average molecular weight is 253 g/mol. The van der Waals surface area contributed by atoms with E-state index in [1.165, 1.54) is 6.26 Å². The third-order valence-electron chi connectivity index (χ3n) is 3.00. The Bertz CT molecular complexity index is 746. The van der Waals surface area contributed by atoms with Crippen LogP contribution >= 0.6 is 0 Å².